The molecular formula is C18H18ClN5O5. The zero-order valence-corrected chi connectivity index (χ0v) is 16.0. The molecule has 1 atom stereocenters. The average molecular weight is 420 g/mol. The van der Waals surface area contributed by atoms with Crippen molar-refractivity contribution >= 4 is 40.8 Å². The summed E-state index contributed by atoms with van der Waals surface area (Å²) < 4.78 is 5.17. The molecule has 1 amide bonds. The van der Waals surface area contributed by atoms with Crippen molar-refractivity contribution in [1.29, 1.82) is 0 Å². The topological polar surface area (TPSA) is 128 Å². The predicted octanol–water partition coefficient (Wildman–Crippen LogP) is 2.58. The second kappa shape index (κ2) is 9.28. The number of aromatic nitrogens is 2. The number of hydrogen-bond acceptors (Lipinski definition) is 8. The lowest BCUT2D eigenvalue weighted by Gasteiger charge is -2.33. The van der Waals surface area contributed by atoms with E-state index in [1.54, 1.807) is 23.4 Å². The number of benzene rings is 1. The molecular weight excluding hydrogens is 402 g/mol. The first-order chi connectivity index (χ1) is 14.0. The Morgan fingerprint density at radius 2 is 2.07 bits per heavy atom. The van der Waals surface area contributed by atoms with Gasteiger partial charge in [0.1, 0.15) is 6.04 Å². The Morgan fingerprint density at radius 3 is 2.76 bits per heavy atom. The van der Waals surface area contributed by atoms with Crippen molar-refractivity contribution in [2.75, 3.05) is 23.4 Å². The van der Waals surface area contributed by atoms with Crippen LogP contribution in [0.25, 0.3) is 0 Å². The standard InChI is InChI=1S/C18H18ClN5O5/c19-13-10-12(24(27)28)5-6-14(13)22-16(25)11-29-17(26)15-4-1-2-9-23(15)18-20-7-3-8-21-18/h3,5-8,10,15H,1-2,4,9,11H2,(H,22,25). The van der Waals surface area contributed by atoms with E-state index in [2.05, 4.69) is 15.3 Å². The molecule has 1 aromatic heterocycles. The predicted molar refractivity (Wildman–Crippen MR) is 105 cm³/mol. The van der Waals surface area contributed by atoms with Gasteiger partial charge in [-0.25, -0.2) is 14.8 Å². The molecule has 1 aromatic carbocycles. The third-order valence-corrected chi connectivity index (χ3v) is 4.68. The van der Waals surface area contributed by atoms with E-state index in [-0.39, 0.29) is 16.4 Å². The number of piperidine rings is 1. The highest BCUT2D eigenvalue weighted by Crippen LogP contribution is 2.26. The Balaban J connectivity index is 1.58. The van der Waals surface area contributed by atoms with Crippen LogP contribution in [0.15, 0.2) is 36.7 Å². The van der Waals surface area contributed by atoms with Crippen molar-refractivity contribution in [2.45, 2.75) is 25.3 Å². The van der Waals surface area contributed by atoms with Crippen LogP contribution in [-0.4, -0.2) is 46.0 Å². The van der Waals surface area contributed by atoms with E-state index < -0.39 is 29.4 Å². The molecule has 1 aliphatic heterocycles. The van der Waals surface area contributed by atoms with Crippen LogP contribution in [-0.2, 0) is 14.3 Å². The first kappa shape index (κ1) is 20.5. The normalized spacial score (nSPS) is 16.2. The number of halogens is 1. The number of anilines is 2. The maximum Gasteiger partial charge on any atom is 0.329 e. The lowest BCUT2D eigenvalue weighted by molar-refractivity contribution is -0.384. The van der Waals surface area contributed by atoms with Gasteiger partial charge in [0.25, 0.3) is 11.6 Å². The first-order valence-corrected chi connectivity index (χ1v) is 9.27. The van der Waals surface area contributed by atoms with E-state index in [0.717, 1.165) is 18.9 Å². The minimum Gasteiger partial charge on any atom is -0.454 e. The van der Waals surface area contributed by atoms with Gasteiger partial charge in [-0.15, -0.1) is 0 Å². The summed E-state index contributed by atoms with van der Waals surface area (Å²) in [6.07, 6.45) is 5.53. The number of ether oxygens (including phenoxy) is 1. The summed E-state index contributed by atoms with van der Waals surface area (Å²) in [5.74, 6) is -0.703. The summed E-state index contributed by atoms with van der Waals surface area (Å²) in [7, 11) is 0. The molecule has 2 heterocycles. The number of nitrogens with one attached hydrogen (secondary N) is 1. The number of carbonyl (C=O) groups is 2. The summed E-state index contributed by atoms with van der Waals surface area (Å²) in [4.78, 5) is 44.9. The second-order valence-electron chi connectivity index (χ2n) is 6.33. The van der Waals surface area contributed by atoms with Crippen molar-refractivity contribution in [1.82, 2.24) is 9.97 Å². The highest BCUT2D eigenvalue weighted by molar-refractivity contribution is 6.34. The summed E-state index contributed by atoms with van der Waals surface area (Å²) in [6, 6.07) is 4.78. The Morgan fingerprint density at radius 1 is 1.31 bits per heavy atom. The van der Waals surface area contributed by atoms with Crippen LogP contribution in [0, 0.1) is 10.1 Å². The maximum absolute atomic E-state index is 12.5. The number of non-ortho nitro benzene ring substituents is 1. The molecule has 1 N–H and O–H groups in total. The smallest absolute Gasteiger partial charge is 0.329 e. The quantitative estimate of drug-likeness (QED) is 0.430. The fraction of sp³-hybridized carbons (Fsp3) is 0.333. The van der Waals surface area contributed by atoms with E-state index in [1.165, 1.54) is 12.1 Å². The number of rotatable bonds is 6. The number of esters is 1. The monoisotopic (exact) mass is 419 g/mol. The highest BCUT2D eigenvalue weighted by atomic mass is 35.5. The third kappa shape index (κ3) is 5.17. The molecule has 0 spiro atoms. The molecule has 1 fully saturated rings. The zero-order valence-electron chi connectivity index (χ0n) is 15.3. The number of carbonyl (C=O) groups excluding carboxylic acids is 2. The summed E-state index contributed by atoms with van der Waals surface area (Å²) in [5.41, 5.74) is -0.00441. The van der Waals surface area contributed by atoms with Crippen molar-refractivity contribution in [2.24, 2.45) is 0 Å². The largest absolute Gasteiger partial charge is 0.454 e. The molecule has 11 heteroatoms. The van der Waals surface area contributed by atoms with Gasteiger partial charge in [0.2, 0.25) is 5.95 Å². The van der Waals surface area contributed by atoms with Crippen molar-refractivity contribution in [3.8, 4) is 0 Å². The van der Waals surface area contributed by atoms with E-state index in [1.807, 2.05) is 0 Å². The number of hydrogen-bond donors (Lipinski definition) is 1. The third-order valence-electron chi connectivity index (χ3n) is 4.37. The van der Waals surface area contributed by atoms with Crippen LogP contribution >= 0.6 is 11.6 Å². The lowest BCUT2D eigenvalue weighted by Crippen LogP contribution is -2.47. The minimum atomic E-state index is -0.604. The average Bonchev–Trinajstić information content (AvgIpc) is 2.74. The van der Waals surface area contributed by atoms with Gasteiger partial charge in [-0.2, -0.15) is 0 Å². The van der Waals surface area contributed by atoms with E-state index in [4.69, 9.17) is 16.3 Å². The van der Waals surface area contributed by atoms with Gasteiger partial charge in [-0.1, -0.05) is 11.6 Å². The van der Waals surface area contributed by atoms with Gasteiger partial charge in [0.15, 0.2) is 6.61 Å². The lowest BCUT2D eigenvalue weighted by atomic mass is 10.0. The fourth-order valence-electron chi connectivity index (χ4n) is 2.99. The van der Waals surface area contributed by atoms with Gasteiger partial charge in [0.05, 0.1) is 15.6 Å². The SMILES string of the molecule is O=C(COC(=O)C1CCCCN1c1ncccn1)Nc1ccc([N+](=O)[O-])cc1Cl. The van der Waals surface area contributed by atoms with Crippen LogP contribution in [0.3, 0.4) is 0 Å². The molecule has 3 rings (SSSR count). The van der Waals surface area contributed by atoms with Gasteiger partial charge in [-0.05, 0) is 31.4 Å². The second-order valence-corrected chi connectivity index (χ2v) is 6.74. The Hall–Kier alpha value is -3.27. The van der Waals surface area contributed by atoms with E-state index in [0.29, 0.717) is 18.9 Å². The minimum absolute atomic E-state index is 0.0126. The van der Waals surface area contributed by atoms with Crippen LogP contribution < -0.4 is 10.2 Å². The zero-order chi connectivity index (χ0) is 20.8. The van der Waals surface area contributed by atoms with Gasteiger partial charge in [-0.3, -0.25) is 14.9 Å². The number of nitrogens with zero attached hydrogens (tertiary/aromatic N) is 4. The Bertz CT molecular complexity index is 911. The van der Waals surface area contributed by atoms with Gasteiger partial charge >= 0.3 is 5.97 Å². The van der Waals surface area contributed by atoms with E-state index in [9.17, 15) is 19.7 Å². The molecule has 152 valence electrons. The van der Waals surface area contributed by atoms with Gasteiger partial charge in [0, 0.05) is 31.1 Å². The number of nitro groups is 1. The van der Waals surface area contributed by atoms with Crippen molar-refractivity contribution < 1.29 is 19.2 Å². The molecule has 0 aliphatic carbocycles. The molecule has 0 bridgehead atoms. The maximum atomic E-state index is 12.5. The van der Waals surface area contributed by atoms with Crippen molar-refractivity contribution in [3.63, 3.8) is 0 Å². The highest BCUT2D eigenvalue weighted by Gasteiger charge is 2.32. The first-order valence-electron chi connectivity index (χ1n) is 8.90. The Labute approximate surface area is 171 Å². The van der Waals surface area contributed by atoms with E-state index >= 15 is 0 Å². The van der Waals surface area contributed by atoms with Crippen LogP contribution in [0.2, 0.25) is 5.02 Å². The number of amides is 1. The molecule has 0 radical (unpaired) electrons. The molecule has 10 nitrogen and oxygen atoms in total. The van der Waals surface area contributed by atoms with Gasteiger partial charge < -0.3 is 15.0 Å². The molecule has 1 saturated heterocycles. The fourth-order valence-corrected chi connectivity index (χ4v) is 3.22. The van der Waals surface area contributed by atoms with Crippen molar-refractivity contribution in [3.05, 3.63) is 51.8 Å². The van der Waals surface area contributed by atoms with Crippen LogP contribution in [0.4, 0.5) is 17.3 Å². The molecule has 0 saturated carbocycles. The number of nitro benzene ring substituents is 1. The van der Waals surface area contributed by atoms with Crippen LogP contribution in [0.5, 0.6) is 0 Å². The van der Waals surface area contributed by atoms with Crippen LogP contribution in [0.1, 0.15) is 19.3 Å². The molecule has 29 heavy (non-hydrogen) atoms. The summed E-state index contributed by atoms with van der Waals surface area (Å²) in [5, 5.41) is 13.2. The summed E-state index contributed by atoms with van der Waals surface area (Å²) in [6.45, 7) is 0.112. The molecule has 2 aromatic rings. The molecule has 1 unspecified atom stereocenters. The Kier molecular flexibility index (Phi) is 6.55. The molecule has 1 aliphatic rings. The summed E-state index contributed by atoms with van der Waals surface area (Å²) >= 11 is 5.94.